The molecular formula is C14H3Cl2F3N2O. The number of rotatable bonds is 2. The van der Waals surface area contributed by atoms with Crippen LogP contribution < -0.4 is 4.74 Å². The zero-order chi connectivity index (χ0) is 16.4. The second kappa shape index (κ2) is 6.15. The molecule has 110 valence electrons. The van der Waals surface area contributed by atoms with Gasteiger partial charge in [0.1, 0.15) is 23.3 Å². The maximum Gasteiger partial charge on any atom is 0.205 e. The van der Waals surface area contributed by atoms with Crippen LogP contribution in [0.2, 0.25) is 10.0 Å². The summed E-state index contributed by atoms with van der Waals surface area (Å²) in [5.74, 6) is -6.49. The molecule has 0 aliphatic heterocycles. The minimum Gasteiger partial charge on any atom is -0.448 e. The highest BCUT2D eigenvalue weighted by molar-refractivity contribution is 6.37. The van der Waals surface area contributed by atoms with E-state index in [2.05, 4.69) is 0 Å². The lowest BCUT2D eigenvalue weighted by Gasteiger charge is -2.12. The summed E-state index contributed by atoms with van der Waals surface area (Å²) in [6.45, 7) is 0. The van der Waals surface area contributed by atoms with E-state index in [0.29, 0.717) is 0 Å². The molecule has 0 heterocycles. The summed E-state index contributed by atoms with van der Waals surface area (Å²) in [6, 6.07) is 6.65. The molecule has 2 aromatic carbocycles. The SMILES string of the molecule is N#Cc1c(F)c(F)c(Oc2c(Cl)cccc2Cl)c(F)c1C#N. The normalized spacial score (nSPS) is 9.95. The second-order valence-corrected chi connectivity index (χ2v) is 4.71. The Bertz CT molecular complexity index is 837. The molecule has 0 aliphatic carbocycles. The lowest BCUT2D eigenvalue weighted by atomic mass is 10.1. The van der Waals surface area contributed by atoms with Crippen LogP contribution in [-0.4, -0.2) is 0 Å². The average Bonchev–Trinajstić information content (AvgIpc) is 2.49. The quantitative estimate of drug-likeness (QED) is 0.725. The fourth-order valence-corrected chi connectivity index (χ4v) is 2.10. The summed E-state index contributed by atoms with van der Waals surface area (Å²) in [7, 11) is 0. The summed E-state index contributed by atoms with van der Waals surface area (Å²) in [5, 5.41) is 17.3. The second-order valence-electron chi connectivity index (χ2n) is 3.90. The topological polar surface area (TPSA) is 56.8 Å². The highest BCUT2D eigenvalue weighted by atomic mass is 35.5. The number of para-hydroxylation sites is 1. The number of hydrogen-bond donors (Lipinski definition) is 0. The van der Waals surface area contributed by atoms with Crippen molar-refractivity contribution in [2.45, 2.75) is 0 Å². The van der Waals surface area contributed by atoms with E-state index >= 15 is 0 Å². The largest absolute Gasteiger partial charge is 0.448 e. The molecule has 0 aliphatic rings. The van der Waals surface area contributed by atoms with Crippen molar-refractivity contribution in [3.8, 4) is 23.6 Å². The van der Waals surface area contributed by atoms with Gasteiger partial charge in [0.05, 0.1) is 10.0 Å². The Morgan fingerprint density at radius 2 is 1.32 bits per heavy atom. The number of ether oxygens (including phenoxy) is 1. The first-order valence-corrected chi connectivity index (χ1v) is 6.30. The van der Waals surface area contributed by atoms with Crippen LogP contribution in [-0.2, 0) is 0 Å². The van der Waals surface area contributed by atoms with E-state index in [4.69, 9.17) is 38.5 Å². The lowest BCUT2D eigenvalue weighted by molar-refractivity contribution is 0.385. The van der Waals surface area contributed by atoms with Gasteiger partial charge in [-0.05, 0) is 12.1 Å². The summed E-state index contributed by atoms with van der Waals surface area (Å²) >= 11 is 11.6. The highest BCUT2D eigenvalue weighted by Crippen LogP contribution is 2.39. The van der Waals surface area contributed by atoms with Crippen molar-refractivity contribution in [1.82, 2.24) is 0 Å². The fraction of sp³-hybridized carbons (Fsp3) is 0. The molecular weight excluding hydrogens is 340 g/mol. The van der Waals surface area contributed by atoms with Gasteiger partial charge >= 0.3 is 0 Å². The molecule has 0 radical (unpaired) electrons. The minimum absolute atomic E-state index is 0.0745. The van der Waals surface area contributed by atoms with Crippen LogP contribution in [0.5, 0.6) is 11.5 Å². The molecule has 0 fully saturated rings. The van der Waals surface area contributed by atoms with Gasteiger partial charge in [-0.25, -0.2) is 8.78 Å². The van der Waals surface area contributed by atoms with Gasteiger partial charge in [0.2, 0.25) is 11.6 Å². The van der Waals surface area contributed by atoms with Crippen LogP contribution in [0, 0.1) is 40.1 Å². The van der Waals surface area contributed by atoms with Gasteiger partial charge in [-0.15, -0.1) is 0 Å². The third kappa shape index (κ3) is 2.55. The van der Waals surface area contributed by atoms with Crippen molar-refractivity contribution in [3.05, 3.63) is 56.8 Å². The zero-order valence-electron chi connectivity index (χ0n) is 10.4. The van der Waals surface area contributed by atoms with Crippen LogP contribution in [0.1, 0.15) is 11.1 Å². The first kappa shape index (κ1) is 16.0. The lowest BCUT2D eigenvalue weighted by Crippen LogP contribution is -2.04. The van der Waals surface area contributed by atoms with E-state index in [1.165, 1.54) is 30.3 Å². The van der Waals surface area contributed by atoms with Gasteiger partial charge in [-0.3, -0.25) is 0 Å². The molecule has 0 saturated carbocycles. The maximum atomic E-state index is 14.1. The molecule has 22 heavy (non-hydrogen) atoms. The van der Waals surface area contributed by atoms with Crippen molar-refractivity contribution in [2.75, 3.05) is 0 Å². The van der Waals surface area contributed by atoms with Crippen molar-refractivity contribution in [3.63, 3.8) is 0 Å². The first-order chi connectivity index (χ1) is 10.4. The van der Waals surface area contributed by atoms with E-state index in [-0.39, 0.29) is 15.8 Å². The van der Waals surface area contributed by atoms with E-state index in [0.717, 1.165) is 0 Å². The Balaban J connectivity index is 2.71. The van der Waals surface area contributed by atoms with Gasteiger partial charge in [0.15, 0.2) is 17.4 Å². The standard InChI is InChI=1S/C14H3Cl2F3N2O/c15-8-2-1-3-9(16)13(8)22-14-11(18)7(5-21)6(4-20)10(17)12(14)19/h1-3H. The van der Waals surface area contributed by atoms with Gasteiger partial charge in [-0.2, -0.15) is 14.9 Å². The molecule has 0 unspecified atom stereocenters. The van der Waals surface area contributed by atoms with Crippen molar-refractivity contribution >= 4 is 23.2 Å². The smallest absolute Gasteiger partial charge is 0.205 e. The third-order valence-corrected chi connectivity index (χ3v) is 3.22. The van der Waals surface area contributed by atoms with E-state index in [1.807, 2.05) is 0 Å². The summed E-state index contributed by atoms with van der Waals surface area (Å²) in [5.41, 5.74) is -2.02. The number of hydrogen-bond acceptors (Lipinski definition) is 3. The highest BCUT2D eigenvalue weighted by Gasteiger charge is 2.27. The molecule has 2 rings (SSSR count). The minimum atomic E-state index is -1.76. The number of nitrogens with zero attached hydrogens (tertiary/aromatic N) is 2. The van der Waals surface area contributed by atoms with Gasteiger partial charge in [0.25, 0.3) is 0 Å². The predicted octanol–water partition coefficient (Wildman–Crippen LogP) is 4.95. The molecule has 0 bridgehead atoms. The van der Waals surface area contributed by atoms with Crippen LogP contribution in [0.15, 0.2) is 18.2 Å². The van der Waals surface area contributed by atoms with Crippen molar-refractivity contribution in [1.29, 1.82) is 10.5 Å². The Kier molecular flexibility index (Phi) is 4.46. The Labute approximate surface area is 132 Å². The summed E-state index contributed by atoms with van der Waals surface area (Å²) in [4.78, 5) is 0. The molecule has 8 heteroatoms. The molecule has 2 aromatic rings. The molecule has 0 amide bonds. The fourth-order valence-electron chi connectivity index (χ4n) is 1.62. The van der Waals surface area contributed by atoms with Gasteiger partial charge < -0.3 is 4.74 Å². The molecule has 0 atom stereocenters. The van der Waals surface area contributed by atoms with Gasteiger partial charge in [0, 0.05) is 0 Å². The van der Waals surface area contributed by atoms with Gasteiger partial charge in [-0.1, -0.05) is 29.3 Å². The molecule has 0 spiro atoms. The Hall–Kier alpha value is -2.41. The molecule has 0 saturated heterocycles. The zero-order valence-corrected chi connectivity index (χ0v) is 11.9. The molecule has 0 aromatic heterocycles. The van der Waals surface area contributed by atoms with E-state index in [9.17, 15) is 13.2 Å². The van der Waals surface area contributed by atoms with Crippen molar-refractivity contribution in [2.24, 2.45) is 0 Å². The van der Waals surface area contributed by atoms with E-state index < -0.39 is 34.3 Å². The van der Waals surface area contributed by atoms with Crippen LogP contribution in [0.25, 0.3) is 0 Å². The number of nitriles is 2. The number of halogens is 5. The summed E-state index contributed by atoms with van der Waals surface area (Å²) in [6.07, 6.45) is 0. The summed E-state index contributed by atoms with van der Waals surface area (Å²) < 4.78 is 46.7. The van der Waals surface area contributed by atoms with Crippen LogP contribution >= 0.6 is 23.2 Å². The monoisotopic (exact) mass is 342 g/mol. The van der Waals surface area contributed by atoms with Crippen LogP contribution in [0.4, 0.5) is 13.2 Å². The third-order valence-electron chi connectivity index (χ3n) is 2.63. The van der Waals surface area contributed by atoms with Crippen molar-refractivity contribution < 1.29 is 17.9 Å². The molecule has 0 N–H and O–H groups in total. The average molecular weight is 343 g/mol. The maximum absolute atomic E-state index is 14.1. The Morgan fingerprint density at radius 1 is 0.818 bits per heavy atom. The Morgan fingerprint density at radius 3 is 1.82 bits per heavy atom. The van der Waals surface area contributed by atoms with Crippen LogP contribution in [0.3, 0.4) is 0 Å². The predicted molar refractivity (Wildman–Crippen MR) is 72.3 cm³/mol. The van der Waals surface area contributed by atoms with E-state index in [1.54, 1.807) is 0 Å². The first-order valence-electron chi connectivity index (χ1n) is 5.54. The number of benzene rings is 2. The molecule has 3 nitrogen and oxygen atoms in total.